The first-order valence-corrected chi connectivity index (χ1v) is 6.13. The summed E-state index contributed by atoms with van der Waals surface area (Å²) in [5.41, 5.74) is 0.950. The largest absolute Gasteiger partial charge is 0.348 e. The molecule has 0 radical (unpaired) electrons. The molecule has 92 valence electrons. The molecule has 1 aliphatic rings. The maximum absolute atomic E-state index is 12.2. The predicted molar refractivity (Wildman–Crippen MR) is 65.1 cm³/mol. The number of amides is 1. The first-order valence-electron chi connectivity index (χ1n) is 6.13. The molecule has 0 spiro atoms. The standard InChI is InChI=1S/C13H18N2O2/c1-15(11-5-3-2-4-6-11)13(17)12-8-7-10(9-16)14-12/h7-9,11,14H,2-6H2,1H3. The molecule has 2 rings (SSSR count). The molecule has 1 fully saturated rings. The molecular formula is C13H18N2O2. The van der Waals surface area contributed by atoms with Crippen molar-refractivity contribution in [1.82, 2.24) is 9.88 Å². The molecule has 0 unspecified atom stereocenters. The molecular weight excluding hydrogens is 216 g/mol. The lowest BCUT2D eigenvalue weighted by atomic mass is 9.94. The Kier molecular flexibility index (Phi) is 3.61. The first-order chi connectivity index (χ1) is 8.22. The summed E-state index contributed by atoms with van der Waals surface area (Å²) in [5.74, 6) is -0.0231. The van der Waals surface area contributed by atoms with Crippen LogP contribution in [0.5, 0.6) is 0 Å². The van der Waals surface area contributed by atoms with E-state index in [-0.39, 0.29) is 5.91 Å². The van der Waals surface area contributed by atoms with Gasteiger partial charge in [0.25, 0.3) is 5.91 Å². The zero-order valence-corrected chi connectivity index (χ0v) is 10.1. The monoisotopic (exact) mass is 234 g/mol. The second-order valence-corrected chi connectivity index (χ2v) is 4.65. The molecule has 1 amide bonds. The molecule has 1 saturated carbocycles. The third-order valence-electron chi connectivity index (χ3n) is 3.51. The van der Waals surface area contributed by atoms with Crippen molar-refractivity contribution in [2.45, 2.75) is 38.1 Å². The lowest BCUT2D eigenvalue weighted by Gasteiger charge is -2.30. The summed E-state index contributed by atoms with van der Waals surface area (Å²) in [6, 6.07) is 3.65. The van der Waals surface area contributed by atoms with E-state index in [1.165, 1.54) is 19.3 Å². The number of rotatable bonds is 3. The molecule has 1 aromatic heterocycles. The summed E-state index contributed by atoms with van der Waals surface area (Å²) >= 11 is 0. The minimum Gasteiger partial charge on any atom is -0.348 e. The molecule has 1 aliphatic carbocycles. The van der Waals surface area contributed by atoms with Crippen molar-refractivity contribution in [3.05, 3.63) is 23.5 Å². The van der Waals surface area contributed by atoms with Gasteiger partial charge in [0, 0.05) is 13.1 Å². The number of nitrogens with zero attached hydrogens (tertiary/aromatic N) is 1. The Hall–Kier alpha value is -1.58. The smallest absolute Gasteiger partial charge is 0.270 e. The summed E-state index contributed by atoms with van der Waals surface area (Å²) in [4.78, 5) is 27.3. The van der Waals surface area contributed by atoms with E-state index in [0.29, 0.717) is 17.4 Å². The van der Waals surface area contributed by atoms with Crippen LogP contribution in [0.1, 0.15) is 53.1 Å². The van der Waals surface area contributed by atoms with Crippen LogP contribution in [0.3, 0.4) is 0 Å². The molecule has 0 aliphatic heterocycles. The van der Waals surface area contributed by atoms with Crippen LogP contribution >= 0.6 is 0 Å². The van der Waals surface area contributed by atoms with Crippen LogP contribution in [0.2, 0.25) is 0 Å². The highest BCUT2D eigenvalue weighted by atomic mass is 16.2. The summed E-state index contributed by atoms with van der Waals surface area (Å²) in [6.45, 7) is 0. The molecule has 4 heteroatoms. The zero-order valence-electron chi connectivity index (χ0n) is 10.1. The van der Waals surface area contributed by atoms with Crippen LogP contribution in [-0.2, 0) is 0 Å². The van der Waals surface area contributed by atoms with Gasteiger partial charge in [-0.2, -0.15) is 0 Å². The number of carbonyl (C=O) groups excluding carboxylic acids is 2. The summed E-state index contributed by atoms with van der Waals surface area (Å²) < 4.78 is 0. The Morgan fingerprint density at radius 3 is 2.65 bits per heavy atom. The van der Waals surface area contributed by atoms with Gasteiger partial charge in [0.05, 0.1) is 5.69 Å². The van der Waals surface area contributed by atoms with Crippen molar-refractivity contribution in [3.8, 4) is 0 Å². The van der Waals surface area contributed by atoms with Crippen molar-refractivity contribution in [2.24, 2.45) is 0 Å². The minimum atomic E-state index is -0.0231. The molecule has 0 saturated heterocycles. The number of carbonyl (C=O) groups is 2. The van der Waals surface area contributed by atoms with Crippen molar-refractivity contribution < 1.29 is 9.59 Å². The third-order valence-corrected chi connectivity index (χ3v) is 3.51. The van der Waals surface area contributed by atoms with Gasteiger partial charge in [-0.05, 0) is 25.0 Å². The number of aromatic amines is 1. The maximum Gasteiger partial charge on any atom is 0.270 e. The predicted octanol–water partition coefficient (Wildman–Crippen LogP) is 2.23. The number of aldehydes is 1. The first kappa shape index (κ1) is 11.9. The SMILES string of the molecule is CN(C(=O)c1ccc(C=O)[nH]1)C1CCCCC1. The van der Waals surface area contributed by atoms with Gasteiger partial charge in [-0.15, -0.1) is 0 Å². The lowest BCUT2D eigenvalue weighted by Crippen LogP contribution is -2.38. The molecule has 0 bridgehead atoms. The molecule has 1 heterocycles. The van der Waals surface area contributed by atoms with Crippen LogP contribution in [0, 0.1) is 0 Å². The van der Waals surface area contributed by atoms with Crippen LogP contribution in [-0.4, -0.2) is 35.2 Å². The van der Waals surface area contributed by atoms with Crippen molar-refractivity contribution in [1.29, 1.82) is 0 Å². The Morgan fingerprint density at radius 1 is 1.35 bits per heavy atom. The third kappa shape index (κ3) is 2.57. The number of hydrogen-bond acceptors (Lipinski definition) is 2. The fraction of sp³-hybridized carbons (Fsp3) is 0.538. The highest BCUT2D eigenvalue weighted by Gasteiger charge is 2.23. The Morgan fingerprint density at radius 2 is 2.06 bits per heavy atom. The number of aromatic nitrogens is 1. The molecule has 4 nitrogen and oxygen atoms in total. The Balaban J connectivity index is 2.05. The van der Waals surface area contributed by atoms with Crippen molar-refractivity contribution >= 4 is 12.2 Å². The van der Waals surface area contributed by atoms with E-state index in [2.05, 4.69) is 4.98 Å². The van der Waals surface area contributed by atoms with Gasteiger partial charge in [0.1, 0.15) is 5.69 Å². The number of H-pyrrole nitrogens is 1. The molecule has 17 heavy (non-hydrogen) atoms. The molecule has 1 aromatic rings. The van der Waals surface area contributed by atoms with Crippen LogP contribution < -0.4 is 0 Å². The van der Waals surface area contributed by atoms with Gasteiger partial charge in [-0.3, -0.25) is 9.59 Å². The van der Waals surface area contributed by atoms with Gasteiger partial charge < -0.3 is 9.88 Å². The van der Waals surface area contributed by atoms with Gasteiger partial charge in [-0.25, -0.2) is 0 Å². The second-order valence-electron chi connectivity index (χ2n) is 4.65. The van der Waals surface area contributed by atoms with Crippen LogP contribution in [0.15, 0.2) is 12.1 Å². The van der Waals surface area contributed by atoms with Crippen LogP contribution in [0.25, 0.3) is 0 Å². The van der Waals surface area contributed by atoms with Gasteiger partial charge >= 0.3 is 0 Å². The van der Waals surface area contributed by atoms with Crippen molar-refractivity contribution in [2.75, 3.05) is 7.05 Å². The van der Waals surface area contributed by atoms with E-state index < -0.39 is 0 Å². The lowest BCUT2D eigenvalue weighted by molar-refractivity contribution is 0.0691. The second kappa shape index (κ2) is 5.17. The Labute approximate surface area is 101 Å². The van der Waals surface area contributed by atoms with E-state index in [4.69, 9.17) is 0 Å². The van der Waals surface area contributed by atoms with Gasteiger partial charge in [0.2, 0.25) is 0 Å². The summed E-state index contributed by atoms with van der Waals surface area (Å²) in [6.07, 6.45) is 6.57. The molecule has 1 N–H and O–H groups in total. The number of hydrogen-bond donors (Lipinski definition) is 1. The van der Waals surface area contributed by atoms with Gasteiger partial charge in [0.15, 0.2) is 6.29 Å². The highest BCUT2D eigenvalue weighted by Crippen LogP contribution is 2.22. The average molecular weight is 234 g/mol. The summed E-state index contributed by atoms with van der Waals surface area (Å²) in [7, 11) is 1.85. The minimum absolute atomic E-state index is 0.0231. The van der Waals surface area contributed by atoms with E-state index >= 15 is 0 Å². The Bertz CT molecular complexity index is 405. The quantitative estimate of drug-likeness (QED) is 0.815. The maximum atomic E-state index is 12.2. The topological polar surface area (TPSA) is 53.2 Å². The van der Waals surface area contributed by atoms with E-state index in [0.717, 1.165) is 19.1 Å². The van der Waals surface area contributed by atoms with Crippen LogP contribution in [0.4, 0.5) is 0 Å². The zero-order chi connectivity index (χ0) is 12.3. The van der Waals surface area contributed by atoms with Gasteiger partial charge in [-0.1, -0.05) is 19.3 Å². The van der Waals surface area contributed by atoms with E-state index in [1.807, 2.05) is 7.05 Å². The molecule has 0 atom stereocenters. The van der Waals surface area contributed by atoms with E-state index in [1.54, 1.807) is 17.0 Å². The van der Waals surface area contributed by atoms with Crippen molar-refractivity contribution in [3.63, 3.8) is 0 Å². The fourth-order valence-electron chi connectivity index (χ4n) is 2.43. The summed E-state index contributed by atoms with van der Waals surface area (Å²) in [5, 5.41) is 0. The molecule has 0 aromatic carbocycles. The normalized spacial score (nSPS) is 16.8. The highest BCUT2D eigenvalue weighted by molar-refractivity contribution is 5.93. The van der Waals surface area contributed by atoms with E-state index in [9.17, 15) is 9.59 Å². The number of nitrogens with one attached hydrogen (secondary N) is 1. The fourth-order valence-corrected chi connectivity index (χ4v) is 2.43. The average Bonchev–Trinajstić information content (AvgIpc) is 2.87.